The van der Waals surface area contributed by atoms with E-state index in [0.29, 0.717) is 5.56 Å². The van der Waals surface area contributed by atoms with Crippen LogP contribution >= 0.6 is 11.6 Å². The van der Waals surface area contributed by atoms with Gasteiger partial charge in [0.15, 0.2) is 11.5 Å². The largest absolute Gasteiger partial charge is 0.387 e. The Balaban J connectivity index is 2.07. The molecule has 0 aliphatic carbocycles. The number of nitrogens with one attached hydrogen (secondary N) is 1. The monoisotopic (exact) mass is 292 g/mol. The van der Waals surface area contributed by atoms with Crippen molar-refractivity contribution < 1.29 is 9.50 Å². The van der Waals surface area contributed by atoms with Gasteiger partial charge in [-0.2, -0.15) is 5.26 Å². The summed E-state index contributed by atoms with van der Waals surface area (Å²) < 4.78 is 13.3. The average Bonchev–Trinajstić information content (AvgIpc) is 2.47. The van der Waals surface area contributed by atoms with Crippen LogP contribution in [-0.4, -0.2) is 21.6 Å². The van der Waals surface area contributed by atoms with Crippen LogP contribution in [0.25, 0.3) is 0 Å². The van der Waals surface area contributed by atoms with Crippen molar-refractivity contribution in [2.24, 2.45) is 0 Å². The Kier molecular flexibility index (Phi) is 4.45. The molecule has 1 aromatic carbocycles. The van der Waals surface area contributed by atoms with Crippen molar-refractivity contribution in [3.63, 3.8) is 0 Å². The second kappa shape index (κ2) is 6.28. The summed E-state index contributed by atoms with van der Waals surface area (Å²) in [5, 5.41) is 21.6. The Morgan fingerprint density at radius 1 is 1.40 bits per heavy atom. The molecule has 1 aromatic heterocycles. The summed E-state index contributed by atoms with van der Waals surface area (Å²) in [6.45, 7) is 0.0639. The van der Waals surface area contributed by atoms with Crippen LogP contribution in [0.1, 0.15) is 17.4 Å². The minimum atomic E-state index is -0.963. The van der Waals surface area contributed by atoms with Gasteiger partial charge in [-0.05, 0) is 17.7 Å². The Hall–Kier alpha value is -2.23. The zero-order valence-electron chi connectivity index (χ0n) is 10.2. The van der Waals surface area contributed by atoms with E-state index in [-0.39, 0.29) is 23.1 Å². The topological polar surface area (TPSA) is 81.8 Å². The molecule has 0 spiro atoms. The number of aromatic nitrogens is 2. The molecule has 20 heavy (non-hydrogen) atoms. The molecule has 2 aromatic rings. The van der Waals surface area contributed by atoms with Crippen molar-refractivity contribution in [1.82, 2.24) is 9.97 Å². The highest BCUT2D eigenvalue weighted by Crippen LogP contribution is 2.20. The van der Waals surface area contributed by atoms with E-state index in [1.165, 1.54) is 24.5 Å². The predicted octanol–water partition coefficient (Wildman–Crippen LogP) is 2.29. The van der Waals surface area contributed by atoms with E-state index in [1.807, 2.05) is 6.07 Å². The summed E-state index contributed by atoms with van der Waals surface area (Å²) in [5.41, 5.74) is 0.504. The van der Waals surface area contributed by atoms with Crippen LogP contribution in [0, 0.1) is 17.1 Å². The van der Waals surface area contributed by atoms with Gasteiger partial charge in [0.1, 0.15) is 11.9 Å². The summed E-state index contributed by atoms with van der Waals surface area (Å²) >= 11 is 5.57. The molecular formula is C13H10ClFN4O. The van der Waals surface area contributed by atoms with Crippen molar-refractivity contribution in [3.05, 3.63) is 52.7 Å². The molecule has 0 saturated carbocycles. The third-order valence-electron chi connectivity index (χ3n) is 2.60. The van der Waals surface area contributed by atoms with Crippen LogP contribution in [0.15, 0.2) is 30.6 Å². The first-order chi connectivity index (χ1) is 9.61. The first kappa shape index (κ1) is 14.2. The maximum absolute atomic E-state index is 13.3. The molecule has 0 radical (unpaired) electrons. The van der Waals surface area contributed by atoms with Crippen LogP contribution in [-0.2, 0) is 0 Å². The number of benzene rings is 1. The van der Waals surface area contributed by atoms with Crippen molar-refractivity contribution in [1.29, 1.82) is 5.26 Å². The van der Waals surface area contributed by atoms with E-state index in [9.17, 15) is 9.50 Å². The molecule has 0 aliphatic heterocycles. The fraction of sp³-hybridized carbons (Fsp3) is 0.154. The van der Waals surface area contributed by atoms with Gasteiger partial charge in [-0.25, -0.2) is 14.4 Å². The van der Waals surface area contributed by atoms with Crippen LogP contribution < -0.4 is 5.32 Å². The van der Waals surface area contributed by atoms with E-state index in [4.69, 9.17) is 16.9 Å². The number of rotatable bonds is 4. The summed E-state index contributed by atoms with van der Waals surface area (Å²) in [7, 11) is 0. The number of halogens is 2. The molecule has 0 fully saturated rings. The predicted molar refractivity (Wildman–Crippen MR) is 71.6 cm³/mol. The second-order valence-corrected chi connectivity index (χ2v) is 4.34. The lowest BCUT2D eigenvalue weighted by Crippen LogP contribution is -2.14. The van der Waals surface area contributed by atoms with E-state index < -0.39 is 11.9 Å². The number of anilines is 1. The minimum absolute atomic E-state index is 0.00500. The number of hydrogen-bond acceptors (Lipinski definition) is 5. The van der Waals surface area contributed by atoms with Gasteiger partial charge in [-0.3, -0.25) is 0 Å². The lowest BCUT2D eigenvalue weighted by Gasteiger charge is -2.13. The fourth-order valence-corrected chi connectivity index (χ4v) is 1.70. The van der Waals surface area contributed by atoms with Gasteiger partial charge in [0.05, 0.1) is 11.1 Å². The SMILES string of the molecule is N#Cc1nccnc1NCC(O)c1ccc(Cl)c(F)c1. The molecule has 2 rings (SSSR count). The van der Waals surface area contributed by atoms with Gasteiger partial charge in [-0.15, -0.1) is 0 Å². The summed E-state index contributed by atoms with van der Waals surface area (Å²) in [6.07, 6.45) is 1.86. The molecule has 102 valence electrons. The first-order valence-corrected chi connectivity index (χ1v) is 6.07. The van der Waals surface area contributed by atoms with E-state index >= 15 is 0 Å². The average molecular weight is 293 g/mol. The van der Waals surface area contributed by atoms with Crippen molar-refractivity contribution >= 4 is 17.4 Å². The normalized spacial score (nSPS) is 11.7. The smallest absolute Gasteiger partial charge is 0.182 e. The van der Waals surface area contributed by atoms with Gasteiger partial charge in [0.25, 0.3) is 0 Å². The number of nitrogens with zero attached hydrogens (tertiary/aromatic N) is 3. The lowest BCUT2D eigenvalue weighted by molar-refractivity contribution is 0.191. The molecule has 1 heterocycles. The second-order valence-electron chi connectivity index (χ2n) is 3.94. The van der Waals surface area contributed by atoms with Gasteiger partial charge >= 0.3 is 0 Å². The molecule has 0 saturated heterocycles. The Morgan fingerprint density at radius 3 is 2.85 bits per heavy atom. The van der Waals surface area contributed by atoms with Gasteiger partial charge in [-0.1, -0.05) is 17.7 Å². The summed E-state index contributed by atoms with van der Waals surface area (Å²) in [5.74, 6) is -0.330. The van der Waals surface area contributed by atoms with Gasteiger partial charge in [0.2, 0.25) is 0 Å². The Bertz CT molecular complexity index is 659. The summed E-state index contributed by atoms with van der Waals surface area (Å²) in [4.78, 5) is 7.77. The number of aliphatic hydroxyl groups is 1. The van der Waals surface area contributed by atoms with Crippen molar-refractivity contribution in [2.75, 3.05) is 11.9 Å². The number of aliphatic hydroxyl groups excluding tert-OH is 1. The molecule has 1 atom stereocenters. The van der Waals surface area contributed by atoms with Gasteiger partial charge < -0.3 is 10.4 Å². The minimum Gasteiger partial charge on any atom is -0.387 e. The highest BCUT2D eigenvalue weighted by Gasteiger charge is 2.12. The van der Waals surface area contributed by atoms with E-state index in [2.05, 4.69) is 15.3 Å². The molecule has 1 unspecified atom stereocenters. The molecule has 0 bridgehead atoms. The Morgan fingerprint density at radius 2 is 2.15 bits per heavy atom. The van der Waals surface area contributed by atoms with Crippen molar-refractivity contribution in [2.45, 2.75) is 6.10 Å². The van der Waals surface area contributed by atoms with Crippen LogP contribution in [0.3, 0.4) is 0 Å². The van der Waals surface area contributed by atoms with Gasteiger partial charge in [0, 0.05) is 18.9 Å². The highest BCUT2D eigenvalue weighted by atomic mass is 35.5. The Labute approximate surface area is 119 Å². The highest BCUT2D eigenvalue weighted by molar-refractivity contribution is 6.30. The van der Waals surface area contributed by atoms with Crippen LogP contribution in [0.2, 0.25) is 5.02 Å². The fourth-order valence-electron chi connectivity index (χ4n) is 1.58. The standard InChI is InChI=1S/C13H10ClFN4O/c14-9-2-1-8(5-10(9)15)12(20)7-19-13-11(6-16)17-3-4-18-13/h1-5,12,20H,7H2,(H,18,19). The third kappa shape index (κ3) is 3.20. The third-order valence-corrected chi connectivity index (χ3v) is 2.90. The summed E-state index contributed by atoms with van der Waals surface area (Å²) in [6, 6.07) is 5.94. The zero-order valence-corrected chi connectivity index (χ0v) is 11.0. The number of hydrogen-bond donors (Lipinski definition) is 2. The molecule has 2 N–H and O–H groups in total. The molecular weight excluding hydrogens is 283 g/mol. The maximum Gasteiger partial charge on any atom is 0.182 e. The van der Waals surface area contributed by atoms with Crippen LogP contribution in [0.4, 0.5) is 10.2 Å². The van der Waals surface area contributed by atoms with E-state index in [1.54, 1.807) is 0 Å². The zero-order chi connectivity index (χ0) is 14.5. The van der Waals surface area contributed by atoms with Crippen LogP contribution in [0.5, 0.6) is 0 Å². The molecule has 0 aliphatic rings. The van der Waals surface area contributed by atoms with Crippen molar-refractivity contribution in [3.8, 4) is 6.07 Å². The first-order valence-electron chi connectivity index (χ1n) is 5.70. The number of nitriles is 1. The molecule has 5 nitrogen and oxygen atoms in total. The molecule has 7 heteroatoms. The quantitative estimate of drug-likeness (QED) is 0.903. The van der Waals surface area contributed by atoms with E-state index in [0.717, 1.165) is 6.07 Å². The molecule has 0 amide bonds. The maximum atomic E-state index is 13.3. The lowest BCUT2D eigenvalue weighted by atomic mass is 10.1.